The lowest BCUT2D eigenvalue weighted by Crippen LogP contribution is -2.18. The van der Waals surface area contributed by atoms with Crippen LogP contribution in [0.2, 0.25) is 0 Å². The van der Waals surface area contributed by atoms with E-state index in [1.807, 2.05) is 27.7 Å². The van der Waals surface area contributed by atoms with Gasteiger partial charge in [-0.05, 0) is 42.0 Å². The Morgan fingerprint density at radius 2 is 1.81 bits per heavy atom. The fourth-order valence-electron chi connectivity index (χ4n) is 2.13. The zero-order valence-corrected chi connectivity index (χ0v) is 14.0. The van der Waals surface area contributed by atoms with Gasteiger partial charge in [-0.25, -0.2) is 13.6 Å². The Bertz CT molecular complexity index is 635. The summed E-state index contributed by atoms with van der Waals surface area (Å²) < 4.78 is 23.1. The largest absolute Gasteiger partial charge is 0.326 e. The van der Waals surface area contributed by atoms with Crippen molar-refractivity contribution in [2.45, 2.75) is 51.9 Å². The van der Waals surface area contributed by atoms with Crippen LogP contribution in [-0.2, 0) is 14.8 Å². The number of nitrogens with two attached hydrogens (primary N) is 1. The Hall–Kier alpha value is -1.40. The van der Waals surface area contributed by atoms with Crippen LogP contribution < -0.4 is 10.5 Å². The first-order valence-corrected chi connectivity index (χ1v) is 8.54. The molecule has 0 aliphatic heterocycles. The number of nitrogens with one attached hydrogen (secondary N) is 1. The van der Waals surface area contributed by atoms with Crippen molar-refractivity contribution in [3.05, 3.63) is 23.3 Å². The third-order valence-corrected chi connectivity index (χ3v) is 4.04. The summed E-state index contributed by atoms with van der Waals surface area (Å²) in [6.07, 6.45) is 0.425. The lowest BCUT2D eigenvalue weighted by molar-refractivity contribution is -0.116. The topological polar surface area (TPSA) is 89.3 Å². The van der Waals surface area contributed by atoms with Gasteiger partial charge >= 0.3 is 0 Å². The molecule has 3 N–H and O–H groups in total. The quantitative estimate of drug-likeness (QED) is 0.876. The standard InChI is InChI=1S/C15H24N2O3S/c1-9(2)6-14(18)17-15-11(5)7-12(21(16,19)20)8-13(15)10(3)4/h7-10H,6H2,1-5H3,(H,17,18)(H2,16,19,20). The molecule has 0 aliphatic rings. The third-order valence-electron chi connectivity index (χ3n) is 3.15. The van der Waals surface area contributed by atoms with Gasteiger partial charge in [0, 0.05) is 12.1 Å². The number of carbonyl (C=O) groups is 1. The molecule has 5 nitrogen and oxygen atoms in total. The monoisotopic (exact) mass is 312 g/mol. The first-order chi connectivity index (χ1) is 9.52. The van der Waals surface area contributed by atoms with Crippen molar-refractivity contribution in [3.8, 4) is 0 Å². The fraction of sp³-hybridized carbons (Fsp3) is 0.533. The van der Waals surface area contributed by atoms with E-state index >= 15 is 0 Å². The maximum absolute atomic E-state index is 12.0. The van der Waals surface area contributed by atoms with Gasteiger partial charge in [0.1, 0.15) is 0 Å². The van der Waals surface area contributed by atoms with Gasteiger partial charge in [0.15, 0.2) is 0 Å². The summed E-state index contributed by atoms with van der Waals surface area (Å²) in [6.45, 7) is 9.60. The van der Waals surface area contributed by atoms with Gasteiger partial charge in [-0.15, -0.1) is 0 Å². The lowest BCUT2D eigenvalue weighted by Gasteiger charge is -2.18. The van der Waals surface area contributed by atoms with E-state index in [0.717, 1.165) is 5.56 Å². The third kappa shape index (κ3) is 4.82. The van der Waals surface area contributed by atoms with Gasteiger partial charge < -0.3 is 5.32 Å². The van der Waals surface area contributed by atoms with Crippen molar-refractivity contribution in [2.75, 3.05) is 5.32 Å². The summed E-state index contributed by atoms with van der Waals surface area (Å²) in [4.78, 5) is 12.1. The van der Waals surface area contributed by atoms with Crippen molar-refractivity contribution in [3.63, 3.8) is 0 Å². The van der Waals surface area contributed by atoms with Gasteiger partial charge in [-0.1, -0.05) is 27.7 Å². The van der Waals surface area contributed by atoms with Crippen LogP contribution in [0.25, 0.3) is 0 Å². The minimum absolute atomic E-state index is 0.0692. The predicted octanol–water partition coefficient (Wildman–Crippen LogP) is 2.75. The molecular weight excluding hydrogens is 288 g/mol. The van der Waals surface area contributed by atoms with Crippen molar-refractivity contribution < 1.29 is 13.2 Å². The number of hydrogen-bond donors (Lipinski definition) is 2. The molecule has 0 heterocycles. The van der Waals surface area contributed by atoms with Gasteiger partial charge in [0.25, 0.3) is 0 Å². The number of aryl methyl sites for hydroxylation is 1. The van der Waals surface area contributed by atoms with Crippen LogP contribution in [0.1, 0.15) is 51.2 Å². The Balaban J connectivity index is 3.29. The van der Waals surface area contributed by atoms with Crippen LogP contribution in [-0.4, -0.2) is 14.3 Å². The minimum Gasteiger partial charge on any atom is -0.326 e. The Labute approximate surface area is 127 Å². The molecule has 0 fully saturated rings. The summed E-state index contributed by atoms with van der Waals surface area (Å²) in [6, 6.07) is 3.03. The number of hydrogen-bond acceptors (Lipinski definition) is 3. The molecule has 0 atom stereocenters. The average Bonchev–Trinajstić information content (AvgIpc) is 2.28. The Morgan fingerprint density at radius 1 is 1.24 bits per heavy atom. The number of carbonyl (C=O) groups excluding carboxylic acids is 1. The molecular formula is C15H24N2O3S. The molecule has 1 aromatic carbocycles. The van der Waals surface area contributed by atoms with Crippen LogP contribution in [0.5, 0.6) is 0 Å². The Morgan fingerprint density at radius 3 is 2.24 bits per heavy atom. The highest BCUT2D eigenvalue weighted by atomic mass is 32.2. The second-order valence-electron chi connectivity index (χ2n) is 6.05. The molecule has 0 bridgehead atoms. The van der Waals surface area contributed by atoms with Crippen LogP contribution in [0.15, 0.2) is 17.0 Å². The first-order valence-electron chi connectivity index (χ1n) is 6.99. The zero-order chi connectivity index (χ0) is 16.4. The molecule has 0 aromatic heterocycles. The maximum Gasteiger partial charge on any atom is 0.238 e. The zero-order valence-electron chi connectivity index (χ0n) is 13.2. The lowest BCUT2D eigenvalue weighted by atomic mass is 9.97. The minimum atomic E-state index is -3.76. The van der Waals surface area contributed by atoms with E-state index in [-0.39, 0.29) is 22.6 Å². The number of primary sulfonamides is 1. The van der Waals surface area contributed by atoms with E-state index in [2.05, 4.69) is 5.32 Å². The van der Waals surface area contributed by atoms with Crippen LogP contribution >= 0.6 is 0 Å². The smallest absolute Gasteiger partial charge is 0.238 e. The highest BCUT2D eigenvalue weighted by Gasteiger charge is 2.18. The summed E-state index contributed by atoms with van der Waals surface area (Å²) in [5, 5.41) is 8.09. The highest BCUT2D eigenvalue weighted by molar-refractivity contribution is 7.89. The van der Waals surface area contributed by atoms with Crippen LogP contribution in [0, 0.1) is 12.8 Å². The average molecular weight is 312 g/mol. The molecule has 6 heteroatoms. The molecule has 0 unspecified atom stereocenters. The molecule has 1 aromatic rings. The Kier molecular flexibility index (Phi) is 5.53. The number of rotatable bonds is 5. The molecule has 0 radical (unpaired) electrons. The summed E-state index contributed by atoms with van der Waals surface area (Å²) in [5.41, 5.74) is 2.15. The van der Waals surface area contributed by atoms with Gasteiger partial charge in [0.2, 0.25) is 15.9 Å². The molecule has 0 saturated heterocycles. The molecule has 21 heavy (non-hydrogen) atoms. The van der Waals surface area contributed by atoms with Gasteiger partial charge in [-0.2, -0.15) is 0 Å². The van der Waals surface area contributed by atoms with Gasteiger partial charge in [-0.3, -0.25) is 4.79 Å². The van der Waals surface area contributed by atoms with E-state index < -0.39 is 10.0 Å². The number of anilines is 1. The van der Waals surface area contributed by atoms with E-state index in [9.17, 15) is 13.2 Å². The van der Waals surface area contributed by atoms with E-state index in [1.165, 1.54) is 12.1 Å². The first kappa shape index (κ1) is 17.7. The van der Waals surface area contributed by atoms with Crippen molar-refractivity contribution in [1.82, 2.24) is 0 Å². The van der Waals surface area contributed by atoms with Crippen LogP contribution in [0.3, 0.4) is 0 Å². The molecule has 1 rings (SSSR count). The van der Waals surface area contributed by atoms with Crippen molar-refractivity contribution in [1.29, 1.82) is 0 Å². The van der Waals surface area contributed by atoms with E-state index in [0.29, 0.717) is 17.7 Å². The maximum atomic E-state index is 12.0. The molecule has 0 aliphatic carbocycles. The predicted molar refractivity (Wildman–Crippen MR) is 84.7 cm³/mol. The SMILES string of the molecule is Cc1cc(S(N)(=O)=O)cc(C(C)C)c1NC(=O)CC(C)C. The number of sulfonamides is 1. The van der Waals surface area contributed by atoms with Crippen LogP contribution in [0.4, 0.5) is 5.69 Å². The number of amides is 1. The summed E-state index contributed by atoms with van der Waals surface area (Å²) >= 11 is 0. The normalized spacial score (nSPS) is 12.0. The van der Waals surface area contributed by atoms with Crippen molar-refractivity contribution in [2.24, 2.45) is 11.1 Å². The molecule has 1 amide bonds. The van der Waals surface area contributed by atoms with Crippen molar-refractivity contribution >= 4 is 21.6 Å². The second kappa shape index (κ2) is 6.58. The number of benzene rings is 1. The molecule has 118 valence electrons. The second-order valence-corrected chi connectivity index (χ2v) is 7.61. The highest BCUT2D eigenvalue weighted by Crippen LogP contribution is 2.30. The summed E-state index contributed by atoms with van der Waals surface area (Å²) in [7, 11) is -3.76. The fourth-order valence-corrected chi connectivity index (χ4v) is 2.76. The summed E-state index contributed by atoms with van der Waals surface area (Å²) in [5.74, 6) is 0.259. The van der Waals surface area contributed by atoms with E-state index in [1.54, 1.807) is 6.92 Å². The molecule has 0 spiro atoms. The van der Waals surface area contributed by atoms with Gasteiger partial charge in [0.05, 0.1) is 4.90 Å². The molecule has 0 saturated carbocycles. The van der Waals surface area contributed by atoms with E-state index in [4.69, 9.17) is 5.14 Å².